The Bertz CT molecular complexity index is 778. The van der Waals surface area contributed by atoms with Crippen LogP contribution in [-0.2, 0) is 28.6 Å². The summed E-state index contributed by atoms with van der Waals surface area (Å²) in [7, 11) is 2.89. The fraction of sp³-hybridized carbons (Fsp3) is 0.875. The summed E-state index contributed by atoms with van der Waals surface area (Å²) in [6.45, 7) is 7.93. The molecular formula is C24H36O6. The second kappa shape index (κ2) is 6.70. The van der Waals surface area contributed by atoms with Gasteiger partial charge >= 0.3 is 17.9 Å². The standard InChI is InChI=1S/C24H36O6/c1-14(25)30-16-12-24-13-21(16,2)11-8-15(24)22(3)9-7-10-23(4,20(27)29-6)18(22)17(24)19(26)28-5/h15-18H,7-13H2,1-6H3/t15-,16+,17+,18-,21-,22-,23+,24+/m0/s1. The lowest BCUT2D eigenvalue weighted by molar-refractivity contribution is -0.170. The van der Waals surface area contributed by atoms with Crippen molar-refractivity contribution >= 4 is 17.9 Å². The van der Waals surface area contributed by atoms with E-state index in [1.165, 1.54) is 21.1 Å². The molecule has 0 unspecified atom stereocenters. The van der Waals surface area contributed by atoms with Crippen LogP contribution < -0.4 is 0 Å². The van der Waals surface area contributed by atoms with Crippen LogP contribution in [0.1, 0.15) is 72.6 Å². The van der Waals surface area contributed by atoms with Crippen LogP contribution in [0.3, 0.4) is 0 Å². The zero-order valence-corrected chi connectivity index (χ0v) is 19.2. The summed E-state index contributed by atoms with van der Waals surface area (Å²) >= 11 is 0. The van der Waals surface area contributed by atoms with E-state index >= 15 is 0 Å². The first-order valence-corrected chi connectivity index (χ1v) is 11.3. The molecule has 0 aromatic heterocycles. The molecule has 0 heterocycles. The van der Waals surface area contributed by atoms with Crippen LogP contribution in [0, 0.1) is 39.4 Å². The van der Waals surface area contributed by atoms with Crippen molar-refractivity contribution in [2.75, 3.05) is 14.2 Å². The molecule has 2 bridgehead atoms. The summed E-state index contributed by atoms with van der Waals surface area (Å²) in [4.78, 5) is 38.3. The molecule has 0 aliphatic heterocycles. The average molecular weight is 421 g/mol. The molecule has 0 saturated heterocycles. The molecule has 1 spiro atoms. The number of esters is 3. The fourth-order valence-electron chi connectivity index (χ4n) is 8.94. The molecule has 0 aromatic rings. The third-order valence-electron chi connectivity index (χ3n) is 9.75. The maximum Gasteiger partial charge on any atom is 0.311 e. The van der Waals surface area contributed by atoms with Gasteiger partial charge in [-0.25, -0.2) is 0 Å². The molecule has 4 fully saturated rings. The number of hydrogen-bond donors (Lipinski definition) is 0. The van der Waals surface area contributed by atoms with Crippen molar-refractivity contribution in [2.24, 2.45) is 39.4 Å². The summed E-state index contributed by atoms with van der Waals surface area (Å²) in [6.07, 6.45) is 5.96. The van der Waals surface area contributed by atoms with Gasteiger partial charge in [0.25, 0.3) is 0 Å². The van der Waals surface area contributed by atoms with E-state index in [-0.39, 0.29) is 52.1 Å². The molecule has 4 saturated carbocycles. The minimum absolute atomic E-state index is 0.137. The SMILES string of the molecule is COC(=O)[C@H]1[C@H]2[C@@](C)(CCC[C@@]2(C)C(=O)OC)[C@@H]2CC[C@@]3(C)C[C@@]12C[C@H]3OC(C)=O. The van der Waals surface area contributed by atoms with Crippen LogP contribution >= 0.6 is 0 Å². The van der Waals surface area contributed by atoms with Crippen molar-refractivity contribution in [1.82, 2.24) is 0 Å². The van der Waals surface area contributed by atoms with E-state index in [0.717, 1.165) is 38.5 Å². The Morgan fingerprint density at radius 3 is 2.27 bits per heavy atom. The van der Waals surface area contributed by atoms with Gasteiger partial charge in [0.15, 0.2) is 0 Å². The van der Waals surface area contributed by atoms with Crippen molar-refractivity contribution in [3.63, 3.8) is 0 Å². The van der Waals surface area contributed by atoms with Crippen LogP contribution in [0.4, 0.5) is 0 Å². The largest absolute Gasteiger partial charge is 0.469 e. The Balaban J connectivity index is 1.88. The Kier molecular flexibility index (Phi) is 4.83. The summed E-state index contributed by atoms with van der Waals surface area (Å²) in [6, 6.07) is 0. The Hall–Kier alpha value is -1.59. The third-order valence-corrected chi connectivity index (χ3v) is 9.75. The van der Waals surface area contributed by atoms with E-state index in [0.29, 0.717) is 12.3 Å². The summed E-state index contributed by atoms with van der Waals surface area (Å²) < 4.78 is 16.5. The maximum atomic E-state index is 13.4. The molecule has 4 aliphatic carbocycles. The van der Waals surface area contributed by atoms with Crippen LogP contribution in [0.2, 0.25) is 0 Å². The topological polar surface area (TPSA) is 78.9 Å². The summed E-state index contributed by atoms with van der Waals surface area (Å²) in [5.41, 5.74) is -1.31. The lowest BCUT2D eigenvalue weighted by Gasteiger charge is -2.51. The first kappa shape index (κ1) is 21.6. The van der Waals surface area contributed by atoms with Gasteiger partial charge in [0.2, 0.25) is 0 Å². The van der Waals surface area contributed by atoms with Crippen LogP contribution in [-0.4, -0.2) is 38.2 Å². The van der Waals surface area contributed by atoms with Gasteiger partial charge < -0.3 is 14.2 Å². The van der Waals surface area contributed by atoms with Gasteiger partial charge in [0, 0.05) is 12.3 Å². The number of carbonyl (C=O) groups excluding carboxylic acids is 3. The predicted molar refractivity (Wildman–Crippen MR) is 109 cm³/mol. The first-order chi connectivity index (χ1) is 14.0. The van der Waals surface area contributed by atoms with Crippen molar-refractivity contribution in [3.8, 4) is 0 Å². The molecular weight excluding hydrogens is 384 g/mol. The van der Waals surface area contributed by atoms with Gasteiger partial charge in [-0.1, -0.05) is 20.3 Å². The van der Waals surface area contributed by atoms with Gasteiger partial charge in [-0.3, -0.25) is 14.4 Å². The van der Waals surface area contributed by atoms with Gasteiger partial charge in [0.05, 0.1) is 25.6 Å². The first-order valence-electron chi connectivity index (χ1n) is 11.3. The number of hydrogen-bond acceptors (Lipinski definition) is 6. The van der Waals surface area contributed by atoms with E-state index < -0.39 is 5.41 Å². The molecule has 0 amide bonds. The second-order valence-electron chi connectivity index (χ2n) is 11.2. The number of ether oxygens (including phenoxy) is 3. The summed E-state index contributed by atoms with van der Waals surface area (Å²) in [5.74, 6) is -0.934. The highest BCUT2D eigenvalue weighted by molar-refractivity contribution is 5.81. The number of methoxy groups -OCH3 is 2. The monoisotopic (exact) mass is 420 g/mol. The molecule has 4 rings (SSSR count). The predicted octanol–water partition coefficient (Wildman–Crippen LogP) is 3.90. The van der Waals surface area contributed by atoms with Crippen LogP contribution in [0.5, 0.6) is 0 Å². The molecule has 0 radical (unpaired) electrons. The molecule has 0 N–H and O–H groups in total. The molecule has 0 aromatic carbocycles. The van der Waals surface area contributed by atoms with Gasteiger partial charge in [-0.05, 0) is 68.1 Å². The lowest BCUT2D eigenvalue weighted by Crippen LogP contribution is -2.51. The molecule has 168 valence electrons. The molecule has 6 nitrogen and oxygen atoms in total. The Labute approximate surface area is 179 Å². The van der Waals surface area contributed by atoms with Crippen molar-refractivity contribution in [2.45, 2.75) is 78.7 Å². The zero-order chi connectivity index (χ0) is 22.1. The van der Waals surface area contributed by atoms with Crippen LogP contribution in [0.25, 0.3) is 0 Å². The highest BCUT2D eigenvalue weighted by Gasteiger charge is 2.77. The normalized spacial score (nSPS) is 49.0. The smallest absolute Gasteiger partial charge is 0.311 e. The number of rotatable bonds is 3. The fourth-order valence-corrected chi connectivity index (χ4v) is 8.94. The molecule has 4 aliphatic rings. The van der Waals surface area contributed by atoms with E-state index in [4.69, 9.17) is 14.2 Å². The number of carbonyl (C=O) groups is 3. The van der Waals surface area contributed by atoms with Gasteiger partial charge in [0.1, 0.15) is 6.10 Å². The van der Waals surface area contributed by atoms with E-state index in [1.54, 1.807) is 0 Å². The second-order valence-corrected chi connectivity index (χ2v) is 11.2. The third kappa shape index (κ3) is 2.57. The quantitative estimate of drug-likeness (QED) is 0.509. The summed E-state index contributed by atoms with van der Waals surface area (Å²) in [5, 5.41) is 0. The maximum absolute atomic E-state index is 13.4. The van der Waals surface area contributed by atoms with E-state index in [1.807, 2.05) is 6.92 Å². The Morgan fingerprint density at radius 1 is 0.967 bits per heavy atom. The van der Waals surface area contributed by atoms with Crippen LogP contribution in [0.15, 0.2) is 0 Å². The molecule has 6 heteroatoms. The Morgan fingerprint density at radius 2 is 1.67 bits per heavy atom. The van der Waals surface area contributed by atoms with Crippen molar-refractivity contribution in [3.05, 3.63) is 0 Å². The van der Waals surface area contributed by atoms with Crippen molar-refractivity contribution < 1.29 is 28.6 Å². The van der Waals surface area contributed by atoms with Gasteiger partial charge in [-0.2, -0.15) is 0 Å². The highest BCUT2D eigenvalue weighted by atomic mass is 16.5. The van der Waals surface area contributed by atoms with Gasteiger partial charge in [-0.15, -0.1) is 0 Å². The highest BCUT2D eigenvalue weighted by Crippen LogP contribution is 2.79. The minimum Gasteiger partial charge on any atom is -0.469 e. The number of fused-ring (bicyclic) bond motifs is 3. The molecule has 8 atom stereocenters. The molecule has 30 heavy (non-hydrogen) atoms. The lowest BCUT2D eigenvalue weighted by atomic mass is 9.53. The average Bonchev–Trinajstić information content (AvgIpc) is 3.03. The van der Waals surface area contributed by atoms with E-state index in [9.17, 15) is 14.4 Å². The minimum atomic E-state index is -0.720. The zero-order valence-electron chi connectivity index (χ0n) is 19.2. The van der Waals surface area contributed by atoms with E-state index in [2.05, 4.69) is 13.8 Å². The van der Waals surface area contributed by atoms with Crippen molar-refractivity contribution in [1.29, 1.82) is 0 Å².